The first-order valence-electron chi connectivity index (χ1n) is 46.5. The number of benzene rings is 2. The highest BCUT2D eigenvalue weighted by Gasteiger charge is 2.55. The van der Waals surface area contributed by atoms with E-state index < -0.39 is 166 Å². The van der Waals surface area contributed by atoms with Crippen molar-refractivity contribution in [2.75, 3.05) is 105 Å². The number of nitrogens with zero attached hydrogens (tertiary/aromatic N) is 6. The summed E-state index contributed by atoms with van der Waals surface area (Å²) in [6, 6.07) is 9.38. The highest BCUT2D eigenvalue weighted by Crippen LogP contribution is 2.45. The number of ether oxygens (including phenoxy) is 10. The lowest BCUT2D eigenvalue weighted by Gasteiger charge is -2.37. The van der Waals surface area contributed by atoms with Crippen LogP contribution in [0.4, 0.5) is 0 Å². The van der Waals surface area contributed by atoms with Crippen LogP contribution in [0.3, 0.4) is 0 Å². The fraction of sp³-hybridized carbons (Fsp3) is 0.558. The first-order valence-corrected chi connectivity index (χ1v) is 46.5. The molecule has 734 valence electrons. The van der Waals surface area contributed by atoms with Gasteiger partial charge in [0.1, 0.15) is 49.5 Å². The van der Waals surface area contributed by atoms with Gasteiger partial charge in [-0.2, -0.15) is 0 Å². The number of esters is 4. The van der Waals surface area contributed by atoms with Gasteiger partial charge in [-0.1, -0.05) is 91.8 Å². The molecule has 41 nitrogen and oxygen atoms in total. The number of fused-ring (bicyclic) bond motifs is 10. The summed E-state index contributed by atoms with van der Waals surface area (Å²) in [5.74, 6) is -13.3. The van der Waals surface area contributed by atoms with Crippen molar-refractivity contribution < 1.29 is 125 Å². The number of carbonyl (C=O) groups is 14. The molecule has 6 aliphatic rings. The highest BCUT2D eigenvalue weighted by molar-refractivity contribution is 5.99. The maximum Gasteiger partial charge on any atom is 0.355 e. The molecule has 10 heterocycles. The van der Waals surface area contributed by atoms with Crippen molar-refractivity contribution in [1.29, 1.82) is 0 Å². The van der Waals surface area contributed by atoms with Crippen LogP contribution in [0.15, 0.2) is 70.3 Å². The third-order valence-corrected chi connectivity index (χ3v) is 25.3. The molecule has 9 atom stereocenters. The van der Waals surface area contributed by atoms with E-state index in [2.05, 4.69) is 31.9 Å². The number of aliphatic carboxylic acids is 2. The van der Waals surface area contributed by atoms with Crippen molar-refractivity contribution in [1.82, 2.24) is 60.8 Å². The quantitative estimate of drug-likeness (QED) is 0.0150. The summed E-state index contributed by atoms with van der Waals surface area (Å²) < 4.78 is 59.8. The number of cyclic esters (lactones) is 2. The number of carboxylic acids is 2. The number of aromatic nitrogens is 4. The summed E-state index contributed by atoms with van der Waals surface area (Å²) in [6.07, 6.45) is -0.159. The van der Waals surface area contributed by atoms with Crippen LogP contribution >= 0.6 is 0 Å². The highest BCUT2D eigenvalue weighted by atomic mass is 16.6. The first kappa shape index (κ1) is 102. The average Bonchev–Trinajstić information content (AvgIpc) is 1.55. The van der Waals surface area contributed by atoms with Crippen LogP contribution in [-0.4, -0.2) is 270 Å². The molecule has 0 unspecified atom stereocenters. The third-order valence-electron chi connectivity index (χ3n) is 25.3. The molecular weight excluding hydrogens is 1770 g/mol. The lowest BCUT2D eigenvalue weighted by atomic mass is 9.85. The van der Waals surface area contributed by atoms with Gasteiger partial charge in [0.2, 0.25) is 58.5 Å². The maximum atomic E-state index is 14.5. The lowest BCUT2D eigenvalue weighted by molar-refractivity contribution is -0.191. The summed E-state index contributed by atoms with van der Waals surface area (Å²) >= 11 is 0. The van der Waals surface area contributed by atoms with Gasteiger partial charge in [-0.15, -0.1) is 0 Å². The number of carbonyl (C=O) groups excluding carboxylic acids is 12. The van der Waals surface area contributed by atoms with Gasteiger partial charge in [0.05, 0.1) is 156 Å². The van der Waals surface area contributed by atoms with Gasteiger partial charge >= 0.3 is 35.8 Å². The van der Waals surface area contributed by atoms with Gasteiger partial charge < -0.3 is 114 Å². The molecule has 4 aromatic heterocycles. The molecule has 2 saturated heterocycles. The van der Waals surface area contributed by atoms with Gasteiger partial charge in [0, 0.05) is 78.5 Å². The van der Waals surface area contributed by atoms with E-state index in [1.165, 1.54) is 0 Å². The fourth-order valence-corrected chi connectivity index (χ4v) is 18.2. The Kier molecular flexibility index (Phi) is 35.2. The normalized spacial score (nSPS) is 18.4. The number of likely N-dealkylation sites (tertiary alicyclic amines) is 2. The van der Waals surface area contributed by atoms with Crippen LogP contribution in [0.25, 0.3) is 44.6 Å². The number of carboxylic acid groups (broad SMARTS) is 2. The number of aryl methyl sites for hydroxylation is 2. The van der Waals surface area contributed by atoms with Gasteiger partial charge in [-0.3, -0.25) is 57.5 Å². The van der Waals surface area contributed by atoms with Crippen molar-refractivity contribution in [3.63, 3.8) is 0 Å². The second kappa shape index (κ2) is 46.8. The Hall–Kier alpha value is -12.5. The largest absolute Gasteiger partial charge is 0.481 e. The second-order valence-electron chi connectivity index (χ2n) is 34.8. The van der Waals surface area contributed by atoms with E-state index in [4.69, 9.17) is 63.1 Å². The topological polar surface area (TPSA) is 546 Å². The lowest BCUT2D eigenvalue weighted by Crippen LogP contribution is -2.57. The standard InChI is InChI=1S/C95H121N13O28/c1-9-55-57-19-13-15-21-66(57)101-81-59(55)49-107-72(81)45-63-61(86(107)119)51-133-92(125)94(63,11-3)135-90(123)79(53(5)6)103-84(117)70-23-17-31-105(70)88(121)68(47-77(112)113)99-75(110)27-33-127-37-41-131-43-39-129-35-29-97-74(109)26-25-65(96)83(116)98-30-36-130-40-44-132-42-38-128-34-28-76(111)100-69(48-78(114)115)89(122)106-32-18-24-71(106)85(118)104-80(54(7)8)91(124)136-95(12-4)64-46-73-82-60(50-108(73)87(120)62(64)52-134-93(95)126)56(10-2)58-20-14-16-22-67(58)102-82/h13-16,19-22,45-46,53-54,65,68-71,79-80H,9-12,17-18,23-44,47-52,96H2,1-8H3,(H,97,109)(H,98,116)(H,99,110)(H,100,111)(H,103,117)(H,104,118)(H,112,113)(H,114,115)/t65-,68-,69-,70-,71-,79-,80-,94-,95-/m0/s1. The van der Waals surface area contributed by atoms with E-state index in [0.29, 0.717) is 48.5 Å². The maximum absolute atomic E-state index is 14.5. The first-order chi connectivity index (χ1) is 65.3. The van der Waals surface area contributed by atoms with Crippen molar-refractivity contribution in [3.8, 4) is 22.8 Å². The van der Waals surface area contributed by atoms with Crippen LogP contribution in [0, 0.1) is 11.8 Å². The molecule has 41 heteroatoms. The predicted octanol–water partition coefficient (Wildman–Crippen LogP) is 2.80. The molecule has 0 spiro atoms. The molecule has 0 saturated carbocycles. The number of rotatable bonds is 50. The van der Waals surface area contributed by atoms with Crippen LogP contribution in [0.2, 0.25) is 0 Å². The number of amides is 8. The monoisotopic (exact) mass is 1890 g/mol. The number of nitrogens with one attached hydrogen (secondary N) is 6. The summed E-state index contributed by atoms with van der Waals surface area (Å²) in [6.45, 7) is 14.9. The zero-order valence-corrected chi connectivity index (χ0v) is 77.8. The number of para-hydroxylation sites is 2. The van der Waals surface area contributed by atoms with E-state index in [1.54, 1.807) is 62.8 Å². The van der Waals surface area contributed by atoms with E-state index in [9.17, 15) is 86.9 Å². The Morgan fingerprint density at radius 2 is 0.875 bits per heavy atom. The summed E-state index contributed by atoms with van der Waals surface area (Å²) in [5.41, 5.74) is 8.84. The smallest absolute Gasteiger partial charge is 0.355 e. The van der Waals surface area contributed by atoms with E-state index >= 15 is 0 Å². The van der Waals surface area contributed by atoms with Crippen molar-refractivity contribution in [3.05, 3.63) is 126 Å². The van der Waals surface area contributed by atoms with Crippen molar-refractivity contribution in [2.45, 2.75) is 225 Å². The second-order valence-corrected chi connectivity index (χ2v) is 34.8. The van der Waals surface area contributed by atoms with Crippen LogP contribution in [0.1, 0.15) is 177 Å². The molecule has 12 rings (SSSR count). The number of pyridine rings is 4. The molecule has 6 aliphatic heterocycles. The molecule has 2 aromatic carbocycles. The van der Waals surface area contributed by atoms with E-state index in [0.717, 1.165) is 53.9 Å². The Balaban J connectivity index is 0.471. The molecule has 0 bridgehead atoms. The van der Waals surface area contributed by atoms with Gasteiger partial charge in [-0.05, 0) is 105 Å². The number of hydrogen-bond acceptors (Lipinski definition) is 29. The molecule has 0 radical (unpaired) electrons. The summed E-state index contributed by atoms with van der Waals surface area (Å²) in [7, 11) is 0. The molecule has 8 amide bonds. The fourth-order valence-electron chi connectivity index (χ4n) is 18.2. The Morgan fingerprint density at radius 3 is 1.26 bits per heavy atom. The van der Waals surface area contributed by atoms with Gasteiger partial charge in [-0.25, -0.2) is 29.1 Å². The third kappa shape index (κ3) is 23.4. The molecule has 10 N–H and O–H groups in total. The molecule has 136 heavy (non-hydrogen) atoms. The minimum Gasteiger partial charge on any atom is -0.481 e. The van der Waals surface area contributed by atoms with Crippen LogP contribution < -0.4 is 48.8 Å². The molecule has 2 fully saturated rings. The van der Waals surface area contributed by atoms with Crippen LogP contribution in [0.5, 0.6) is 0 Å². The minimum absolute atomic E-state index is 0.0292. The average molecular weight is 1890 g/mol. The number of hydrogen-bond donors (Lipinski definition) is 9. The summed E-state index contributed by atoms with van der Waals surface area (Å²) in [4.78, 5) is 230. The SMILES string of the molecule is CCc1c2c(nc3ccccc13)-c1cc3c(c(=O)n1C2)COC(=O)[C@@]3(CC)OC(=O)[C@@H](NC(=O)[C@@H]1CCCN1C(=O)[C@H](CC(=O)O)NC(=O)CCOCCOCCOCCNC(=O)CC[C@H](N)C(=O)NCCOCCOCCOCCC(=O)N[C@@H](CC(=O)O)C(=O)N1CCC[C@H]1C(=O)N[C@H](C(=O)O[C@]1(CC)C(=O)OCc2c1cc1n(c2=O)Cc2c-1nc1ccccc1c2CC)C(C)C)C(C)C. The van der Waals surface area contributed by atoms with Crippen molar-refractivity contribution >= 4 is 105 Å². The predicted molar refractivity (Wildman–Crippen MR) is 484 cm³/mol. The Morgan fingerprint density at radius 1 is 0.493 bits per heavy atom. The van der Waals surface area contributed by atoms with E-state index in [1.807, 2.05) is 62.4 Å². The van der Waals surface area contributed by atoms with Crippen molar-refractivity contribution in [2.24, 2.45) is 17.6 Å². The zero-order chi connectivity index (χ0) is 97.8. The Bertz CT molecular complexity index is 5640. The molecule has 0 aliphatic carbocycles. The minimum atomic E-state index is -2.10. The number of nitrogens with two attached hydrogens (primary N) is 1. The molecular formula is C95H121N13O28. The zero-order valence-electron chi connectivity index (χ0n) is 77.8. The Labute approximate surface area is 783 Å². The van der Waals surface area contributed by atoms with Gasteiger partial charge in [0.25, 0.3) is 11.1 Å². The molecule has 6 aromatic rings. The van der Waals surface area contributed by atoms with Gasteiger partial charge in [0.15, 0.2) is 0 Å². The summed E-state index contributed by atoms with van der Waals surface area (Å²) in [5, 5.41) is 37.3. The van der Waals surface area contributed by atoms with E-state index in [-0.39, 0.29) is 211 Å². The van der Waals surface area contributed by atoms with Crippen LogP contribution in [-0.2, 0) is 165 Å².